The quantitative estimate of drug-likeness (QED) is 0.0404. The molecule has 7 heterocycles. The molecule has 0 aromatic carbocycles. The van der Waals surface area contributed by atoms with E-state index < -0.39 is 229 Å². The Morgan fingerprint density at radius 1 is 0.491 bits per heavy atom. The van der Waals surface area contributed by atoms with Crippen molar-refractivity contribution in [2.45, 2.75) is 338 Å². The molecule has 6 aliphatic heterocycles. The number of fused-ring (bicyclic) bond motifs is 10. The second kappa shape index (κ2) is 32.2. The molecule has 632 valence electrons. The van der Waals surface area contributed by atoms with Gasteiger partial charge in [-0.05, 0) is 169 Å². The van der Waals surface area contributed by atoms with Gasteiger partial charge in [0.25, 0.3) is 0 Å². The van der Waals surface area contributed by atoms with E-state index in [1.54, 1.807) is 26.0 Å². The number of carbonyl (C=O) groups excluding carboxylic acids is 3. The van der Waals surface area contributed by atoms with Gasteiger partial charge >= 0.3 is 11.6 Å². The van der Waals surface area contributed by atoms with Gasteiger partial charge in [-0.2, -0.15) is 0 Å². The highest BCUT2D eigenvalue weighted by atomic mass is 16.8. The average Bonchev–Trinajstić information content (AvgIpc) is 1.38. The van der Waals surface area contributed by atoms with Crippen LogP contribution in [0.1, 0.15) is 161 Å². The molecular formula is C78H116O34. The van der Waals surface area contributed by atoms with E-state index in [0.717, 1.165) is 30.1 Å². The minimum Gasteiger partial charge on any atom is -0.458 e. The molecule has 15 rings (SSSR count). The van der Waals surface area contributed by atoms with Crippen molar-refractivity contribution in [2.24, 2.45) is 51.2 Å². The molecule has 8 aliphatic carbocycles. The van der Waals surface area contributed by atoms with Gasteiger partial charge in [0.2, 0.25) is 0 Å². The molecule has 0 amide bonds. The first-order chi connectivity index (χ1) is 53.1. The normalized spacial score (nSPS) is 53.2. The Bertz CT molecular complexity index is 3550. The predicted octanol–water partition coefficient (Wildman–Crippen LogP) is -2.71. The van der Waals surface area contributed by atoms with Gasteiger partial charge in [0.15, 0.2) is 31.5 Å². The zero-order chi connectivity index (χ0) is 80.5. The number of aliphatic hydroxyl groups is 17. The third kappa shape index (κ3) is 14.0. The van der Waals surface area contributed by atoms with Gasteiger partial charge in [-0.3, -0.25) is 0 Å². The number of esters is 1. The fraction of sp³-hybridized carbons (Fsp3) is 0.872. The van der Waals surface area contributed by atoms with E-state index >= 15 is 0 Å². The fourth-order valence-electron chi connectivity index (χ4n) is 24.1. The Labute approximate surface area is 647 Å². The molecule has 34 heteroatoms. The number of aldehydes is 2. The second-order valence-corrected chi connectivity index (χ2v) is 35.5. The zero-order valence-electron chi connectivity index (χ0n) is 63.7. The Kier molecular flexibility index (Phi) is 24.4. The number of aliphatic hydroxyl groups excluding tert-OH is 13. The molecule has 112 heavy (non-hydrogen) atoms. The topological polar surface area (TPSA) is 536 Å². The molecule has 1 aromatic heterocycles. The van der Waals surface area contributed by atoms with E-state index in [1.165, 1.54) is 19.4 Å². The van der Waals surface area contributed by atoms with Gasteiger partial charge in [0.05, 0.1) is 89.8 Å². The number of carbonyl (C=O) groups is 3. The molecule has 40 atom stereocenters. The molecule has 14 aliphatic rings. The standard InChI is InChI=1S/C42H64O19.C36H52O15/c1-19-36(61-38-35(51)33(49)31(47)27(60-38)17-56-37-34(50)32(48)30(46)26(15-43)59-37)25(54-3)13-29(57-19)58-21-4-9-40(18-44)23-5-8-39(2)22(20-12-28(45)55-16-20)7-11-42(39,53)24(23)6-10-41(40,52)14-21;1-17-30(51-32-28(43)26(41)25(40)23(14-37)50-32)27(42)29(44)31(48-17)49-19-5-10-34(16-38)21-6-9-33(2)20(18-3-4-24(39)47-15-18)8-12-36(33,46)22(21)7-11-35(34,45)13-19/h12,18-19,21-27,29-38,43,46-53H,4-11,13-17H2,1-3H3;3-4,15-17,19-23,25-32,37,40-46H,5-14H2,1-2H3/t19-,21+,22-,23+,24-,25+,26-,27-,29+,30-,31-,32+,33+,34-,35-,36-,37-,38+,39-,40+,41+,42+;17-,19-,20+,21-,22+,23+,25+,26-,27-,28+,29+,30-,31-,32-,33+,34-,35-,36-/m10/s1. The van der Waals surface area contributed by atoms with Crippen molar-refractivity contribution < 1.29 is 162 Å². The van der Waals surface area contributed by atoms with Gasteiger partial charge in [-0.1, -0.05) is 13.8 Å². The van der Waals surface area contributed by atoms with Gasteiger partial charge in [-0.25, -0.2) is 9.59 Å². The monoisotopic (exact) mass is 1600 g/mol. The fourth-order valence-corrected chi connectivity index (χ4v) is 24.1. The number of rotatable bonds is 18. The molecule has 0 radical (unpaired) electrons. The minimum absolute atomic E-state index is 0.00485. The highest BCUT2D eigenvalue weighted by Gasteiger charge is 2.74. The second-order valence-electron chi connectivity index (χ2n) is 35.5. The van der Waals surface area contributed by atoms with Crippen LogP contribution in [-0.2, 0) is 71.2 Å². The lowest BCUT2D eigenvalue weighted by atomic mass is 9.41. The van der Waals surface area contributed by atoms with Crippen molar-refractivity contribution in [2.75, 3.05) is 33.5 Å². The van der Waals surface area contributed by atoms with Crippen LogP contribution in [0.2, 0.25) is 0 Å². The Morgan fingerprint density at radius 2 is 0.964 bits per heavy atom. The molecule has 0 spiro atoms. The molecule has 13 fully saturated rings. The van der Waals surface area contributed by atoms with Gasteiger partial charge in [0, 0.05) is 49.3 Å². The van der Waals surface area contributed by atoms with E-state index in [9.17, 15) is 106 Å². The van der Waals surface area contributed by atoms with E-state index in [4.69, 9.17) is 61.3 Å². The Balaban J connectivity index is 0.000000189. The van der Waals surface area contributed by atoms with Crippen LogP contribution in [0.3, 0.4) is 0 Å². The third-order valence-electron chi connectivity index (χ3n) is 30.4. The lowest BCUT2D eigenvalue weighted by Crippen LogP contribution is -2.69. The van der Waals surface area contributed by atoms with Crippen LogP contribution in [0.15, 0.2) is 39.3 Å². The predicted molar refractivity (Wildman–Crippen MR) is 376 cm³/mol. The summed E-state index contributed by atoms with van der Waals surface area (Å²) in [5, 5.41) is 185. The van der Waals surface area contributed by atoms with E-state index in [1.807, 2.05) is 0 Å². The molecule has 34 nitrogen and oxygen atoms in total. The number of ether oxygens (including phenoxy) is 12. The van der Waals surface area contributed by atoms with Gasteiger partial charge in [-0.15, -0.1) is 0 Å². The van der Waals surface area contributed by atoms with Crippen molar-refractivity contribution in [3.8, 4) is 0 Å². The molecule has 1 aromatic rings. The van der Waals surface area contributed by atoms with Gasteiger partial charge < -0.3 is 158 Å². The van der Waals surface area contributed by atoms with Crippen LogP contribution in [0, 0.1) is 51.2 Å². The Hall–Kier alpha value is -3.62. The Morgan fingerprint density at radius 3 is 1.48 bits per heavy atom. The van der Waals surface area contributed by atoms with Crippen molar-refractivity contribution in [3.63, 3.8) is 0 Å². The summed E-state index contributed by atoms with van der Waals surface area (Å²) in [4.78, 5) is 50.1. The summed E-state index contributed by atoms with van der Waals surface area (Å²) in [7, 11) is 1.47. The molecule has 0 bridgehead atoms. The molecule has 17 N–H and O–H groups in total. The lowest BCUT2D eigenvalue weighted by Gasteiger charge is -2.65. The first kappa shape index (κ1) is 84.8. The van der Waals surface area contributed by atoms with Crippen molar-refractivity contribution in [3.05, 3.63) is 46.0 Å². The summed E-state index contributed by atoms with van der Waals surface area (Å²) >= 11 is 0. The average molecular weight is 1600 g/mol. The number of methoxy groups -OCH3 is 1. The minimum atomic E-state index is -1.75. The molecule has 8 saturated carbocycles. The van der Waals surface area contributed by atoms with E-state index in [-0.39, 0.29) is 73.8 Å². The summed E-state index contributed by atoms with van der Waals surface area (Å²) in [6.45, 7) is 5.84. The van der Waals surface area contributed by atoms with Crippen LogP contribution in [-0.4, -0.2) is 321 Å². The summed E-state index contributed by atoms with van der Waals surface area (Å²) in [6.07, 6.45) is -20.9. The van der Waals surface area contributed by atoms with Crippen LogP contribution in [0.25, 0.3) is 0 Å². The maximum absolute atomic E-state index is 13.3. The number of hydrogen-bond donors (Lipinski definition) is 17. The maximum Gasteiger partial charge on any atom is 0.335 e. The van der Waals surface area contributed by atoms with Crippen molar-refractivity contribution >= 4 is 18.5 Å². The first-order valence-electron chi connectivity index (χ1n) is 40.1. The van der Waals surface area contributed by atoms with Crippen molar-refractivity contribution in [1.82, 2.24) is 0 Å². The third-order valence-corrected chi connectivity index (χ3v) is 30.4. The van der Waals surface area contributed by atoms with E-state index in [0.29, 0.717) is 89.9 Å². The molecule has 5 saturated heterocycles. The van der Waals surface area contributed by atoms with E-state index in [2.05, 4.69) is 13.8 Å². The summed E-state index contributed by atoms with van der Waals surface area (Å²) in [5.41, 5.74) is -6.76. The van der Waals surface area contributed by atoms with Gasteiger partial charge in [0.1, 0.15) is 117 Å². The SMILES string of the molecule is CO[C@H]1C[C@H](O[C@H]2CC[C@]3(C=O)[C@H]4CC[C@]5(C)[C@@H](C6=CC(=O)OC6)CC[C@]5(O)[C@@H]4CC[C@]3(O)C2)O[C@H](C)[C@H]1O[C@@H]1O[C@H](CO[C@@H]2O[C@H](CO)[C@@H](O)[C@H](O)[C@H]2O)[C@@H](O)[C@H](O)[C@H]1O.C[C@@H]1O[C@@H](O[C@H]2CC[C@]3(C=O)[C@H]4CC[C@]5(C)[C@@H](c6ccc(=O)oc6)CC[C@]5(O)[C@@H]4CC[C@]3(O)C2)[C@H](O)[C@H](O)[C@H]1O[C@@H]1O[C@H](CO)[C@@H](O)[C@H](O)[C@H]1O. The summed E-state index contributed by atoms with van der Waals surface area (Å²) < 4.78 is 75.2. The van der Waals surface area contributed by atoms with Crippen LogP contribution in [0.5, 0.6) is 0 Å². The highest BCUT2D eigenvalue weighted by Crippen LogP contribution is 2.73. The van der Waals surface area contributed by atoms with Crippen LogP contribution >= 0.6 is 0 Å². The number of cyclic esters (lactones) is 1. The summed E-state index contributed by atoms with van der Waals surface area (Å²) in [6, 6.07) is 3.17. The highest BCUT2D eigenvalue weighted by molar-refractivity contribution is 5.85. The van der Waals surface area contributed by atoms with Crippen molar-refractivity contribution in [1.29, 1.82) is 0 Å². The largest absolute Gasteiger partial charge is 0.458 e. The van der Waals surface area contributed by atoms with Crippen LogP contribution in [0.4, 0.5) is 0 Å². The van der Waals surface area contributed by atoms with Crippen LogP contribution < -0.4 is 5.63 Å². The smallest absolute Gasteiger partial charge is 0.335 e. The zero-order valence-corrected chi connectivity index (χ0v) is 63.7. The summed E-state index contributed by atoms with van der Waals surface area (Å²) in [5.74, 6) is -1.28. The maximum atomic E-state index is 13.3. The molecular weight excluding hydrogens is 1480 g/mol. The molecule has 0 unspecified atom stereocenters. The lowest BCUT2D eigenvalue weighted by molar-refractivity contribution is -0.361. The number of hydrogen-bond acceptors (Lipinski definition) is 34. The first-order valence-corrected chi connectivity index (χ1v) is 40.1.